The third kappa shape index (κ3) is 3.99. The van der Waals surface area contributed by atoms with Gasteiger partial charge in [0.05, 0.1) is 5.69 Å². The van der Waals surface area contributed by atoms with Gasteiger partial charge in [0.15, 0.2) is 5.76 Å². The lowest BCUT2D eigenvalue weighted by molar-refractivity contribution is -0.111. The van der Waals surface area contributed by atoms with Crippen LogP contribution >= 0.6 is 0 Å². The molecule has 1 heterocycles. The summed E-state index contributed by atoms with van der Waals surface area (Å²) in [7, 11) is 0. The lowest BCUT2D eigenvalue weighted by Gasteiger charge is -2.04. The van der Waals surface area contributed by atoms with Crippen LogP contribution in [0.2, 0.25) is 0 Å². The molecule has 0 fully saturated rings. The van der Waals surface area contributed by atoms with Crippen LogP contribution in [0.1, 0.15) is 21.7 Å². The Morgan fingerprint density at radius 2 is 1.55 bits per heavy atom. The molecular formula is C24H16FNO3. The van der Waals surface area contributed by atoms with Gasteiger partial charge in [-0.15, -0.1) is 0 Å². The molecule has 0 aliphatic rings. The highest BCUT2D eigenvalue weighted by molar-refractivity contribution is 6.18. The Balaban J connectivity index is 1.68. The van der Waals surface area contributed by atoms with E-state index in [-0.39, 0.29) is 17.0 Å². The predicted molar refractivity (Wildman–Crippen MR) is 110 cm³/mol. The maximum absolute atomic E-state index is 13.2. The number of hydrogen-bond acceptors (Lipinski definition) is 3. The van der Waals surface area contributed by atoms with Gasteiger partial charge in [0.1, 0.15) is 11.4 Å². The second kappa shape index (κ2) is 7.94. The van der Waals surface area contributed by atoms with Crippen LogP contribution in [0.3, 0.4) is 0 Å². The van der Waals surface area contributed by atoms with Crippen LogP contribution in [0.4, 0.5) is 10.1 Å². The molecule has 0 radical (unpaired) electrons. The summed E-state index contributed by atoms with van der Waals surface area (Å²) in [5, 5.41) is 3.36. The number of benzene rings is 3. The zero-order chi connectivity index (χ0) is 20.2. The molecule has 142 valence electrons. The maximum atomic E-state index is 13.2. The molecule has 29 heavy (non-hydrogen) atoms. The highest BCUT2D eigenvalue weighted by Gasteiger charge is 2.23. The fourth-order valence-corrected chi connectivity index (χ4v) is 2.96. The second-order valence-corrected chi connectivity index (χ2v) is 6.37. The van der Waals surface area contributed by atoms with E-state index >= 15 is 0 Å². The topological polar surface area (TPSA) is 59.3 Å². The molecule has 1 aromatic heterocycles. The van der Waals surface area contributed by atoms with E-state index in [1.165, 1.54) is 30.3 Å². The number of para-hydroxylation sites is 1. The second-order valence-electron chi connectivity index (χ2n) is 6.37. The van der Waals surface area contributed by atoms with E-state index < -0.39 is 17.5 Å². The van der Waals surface area contributed by atoms with Crippen LogP contribution in [-0.2, 0) is 4.79 Å². The van der Waals surface area contributed by atoms with Crippen molar-refractivity contribution in [3.8, 4) is 0 Å². The number of nitrogens with one attached hydrogen (secondary N) is 1. The van der Waals surface area contributed by atoms with Crippen LogP contribution in [0.25, 0.3) is 17.0 Å². The number of furan rings is 1. The van der Waals surface area contributed by atoms with E-state index in [0.29, 0.717) is 11.0 Å². The van der Waals surface area contributed by atoms with E-state index in [2.05, 4.69) is 5.32 Å². The number of rotatable bonds is 5. The number of carbonyl (C=O) groups is 2. The molecular weight excluding hydrogens is 369 g/mol. The molecule has 0 unspecified atom stereocenters. The first-order valence-electron chi connectivity index (χ1n) is 8.98. The summed E-state index contributed by atoms with van der Waals surface area (Å²) in [6.07, 6.45) is 3.07. The Labute approximate surface area is 166 Å². The third-order valence-corrected chi connectivity index (χ3v) is 4.38. The Morgan fingerprint density at radius 1 is 0.862 bits per heavy atom. The van der Waals surface area contributed by atoms with Crippen molar-refractivity contribution in [1.29, 1.82) is 0 Å². The molecule has 0 aliphatic carbocycles. The van der Waals surface area contributed by atoms with Gasteiger partial charge in [-0.05, 0) is 48.0 Å². The molecule has 4 aromatic rings. The molecule has 3 aromatic carbocycles. The summed E-state index contributed by atoms with van der Waals surface area (Å²) < 4.78 is 18.9. The highest BCUT2D eigenvalue weighted by atomic mass is 19.1. The predicted octanol–water partition coefficient (Wildman–Crippen LogP) is 5.45. The van der Waals surface area contributed by atoms with Crippen LogP contribution in [0, 0.1) is 5.82 Å². The van der Waals surface area contributed by atoms with Gasteiger partial charge in [-0.1, -0.05) is 42.5 Å². The summed E-state index contributed by atoms with van der Waals surface area (Å²) in [6.45, 7) is 0. The number of amides is 1. The number of fused-ring (bicyclic) bond motifs is 1. The summed E-state index contributed by atoms with van der Waals surface area (Å²) in [5.74, 6) is -1.28. The average molecular weight is 385 g/mol. The SMILES string of the molecule is O=C(/C=C/c1ccccc1)Nc1c(C(=O)c2ccc(F)cc2)oc2ccccc12. The van der Waals surface area contributed by atoms with Gasteiger partial charge in [-0.2, -0.15) is 0 Å². The molecule has 0 saturated carbocycles. The average Bonchev–Trinajstić information content (AvgIpc) is 3.11. The van der Waals surface area contributed by atoms with Crippen molar-refractivity contribution in [3.05, 3.63) is 108 Å². The first-order chi connectivity index (χ1) is 14.1. The first-order valence-corrected chi connectivity index (χ1v) is 8.98. The van der Waals surface area contributed by atoms with E-state index in [0.717, 1.165) is 5.56 Å². The van der Waals surface area contributed by atoms with E-state index in [9.17, 15) is 14.0 Å². The Bertz CT molecular complexity index is 1210. The number of hydrogen-bond donors (Lipinski definition) is 1. The van der Waals surface area contributed by atoms with Crippen molar-refractivity contribution in [1.82, 2.24) is 0 Å². The van der Waals surface area contributed by atoms with Crippen LogP contribution in [0.15, 0.2) is 89.4 Å². The van der Waals surface area contributed by atoms with Gasteiger partial charge in [-0.3, -0.25) is 9.59 Å². The van der Waals surface area contributed by atoms with Gasteiger partial charge in [-0.25, -0.2) is 4.39 Å². The smallest absolute Gasteiger partial charge is 0.248 e. The lowest BCUT2D eigenvalue weighted by Crippen LogP contribution is -2.11. The third-order valence-electron chi connectivity index (χ3n) is 4.38. The molecule has 1 amide bonds. The Kier molecular flexibility index (Phi) is 5.03. The quantitative estimate of drug-likeness (QED) is 0.367. The lowest BCUT2D eigenvalue weighted by atomic mass is 10.1. The number of halogens is 1. The van der Waals surface area contributed by atoms with Crippen LogP contribution < -0.4 is 5.32 Å². The Morgan fingerprint density at radius 3 is 2.31 bits per heavy atom. The van der Waals surface area contributed by atoms with Crippen molar-refractivity contribution in [2.75, 3.05) is 5.32 Å². The summed E-state index contributed by atoms with van der Waals surface area (Å²) >= 11 is 0. The van der Waals surface area contributed by atoms with Gasteiger partial charge in [0.25, 0.3) is 0 Å². The maximum Gasteiger partial charge on any atom is 0.248 e. The van der Waals surface area contributed by atoms with E-state index in [4.69, 9.17) is 4.42 Å². The van der Waals surface area contributed by atoms with Crippen LogP contribution in [0.5, 0.6) is 0 Å². The van der Waals surface area contributed by atoms with E-state index in [1.54, 1.807) is 30.3 Å². The summed E-state index contributed by atoms with van der Waals surface area (Å²) in [6, 6.07) is 21.6. The molecule has 0 bridgehead atoms. The minimum absolute atomic E-state index is 0.000677. The van der Waals surface area contributed by atoms with E-state index in [1.807, 2.05) is 30.3 Å². The molecule has 0 saturated heterocycles. The van der Waals surface area contributed by atoms with Gasteiger partial charge < -0.3 is 9.73 Å². The molecule has 4 nitrogen and oxygen atoms in total. The molecule has 0 aliphatic heterocycles. The van der Waals surface area contributed by atoms with Crippen molar-refractivity contribution < 1.29 is 18.4 Å². The number of carbonyl (C=O) groups excluding carboxylic acids is 2. The zero-order valence-corrected chi connectivity index (χ0v) is 15.3. The first kappa shape index (κ1) is 18.4. The van der Waals surface area contributed by atoms with Gasteiger partial charge in [0, 0.05) is 17.0 Å². The monoisotopic (exact) mass is 385 g/mol. The van der Waals surface area contributed by atoms with Crippen LogP contribution in [-0.4, -0.2) is 11.7 Å². The molecule has 1 N–H and O–H groups in total. The molecule has 0 spiro atoms. The number of ketones is 1. The minimum atomic E-state index is -0.441. The minimum Gasteiger partial charge on any atom is -0.450 e. The van der Waals surface area contributed by atoms with Crippen molar-refractivity contribution in [2.45, 2.75) is 0 Å². The largest absolute Gasteiger partial charge is 0.450 e. The van der Waals surface area contributed by atoms with Gasteiger partial charge in [0.2, 0.25) is 11.7 Å². The zero-order valence-electron chi connectivity index (χ0n) is 15.3. The van der Waals surface area contributed by atoms with Crippen molar-refractivity contribution in [2.24, 2.45) is 0 Å². The fourth-order valence-electron chi connectivity index (χ4n) is 2.96. The normalized spacial score (nSPS) is 11.1. The summed E-state index contributed by atoms with van der Waals surface area (Å²) in [4.78, 5) is 25.4. The molecule has 4 rings (SSSR count). The van der Waals surface area contributed by atoms with Crippen molar-refractivity contribution in [3.63, 3.8) is 0 Å². The molecule has 5 heteroatoms. The Hall–Kier alpha value is -3.99. The highest BCUT2D eigenvalue weighted by Crippen LogP contribution is 2.32. The molecule has 0 atom stereocenters. The summed E-state index contributed by atoms with van der Waals surface area (Å²) in [5.41, 5.74) is 1.90. The van der Waals surface area contributed by atoms with Crippen molar-refractivity contribution >= 4 is 34.4 Å². The van der Waals surface area contributed by atoms with Gasteiger partial charge >= 0.3 is 0 Å². The fraction of sp³-hybridized carbons (Fsp3) is 0. The number of anilines is 1. The standard InChI is InChI=1S/C24H16FNO3/c25-18-13-11-17(12-14-18)23(28)24-22(19-8-4-5-9-20(19)29-24)26-21(27)15-10-16-6-2-1-3-7-16/h1-15H,(H,26,27)/b15-10+.